The molecule has 0 saturated carbocycles. The van der Waals surface area contributed by atoms with Crippen LogP contribution in [-0.4, -0.2) is 48.1 Å². The molecule has 8 nitrogen and oxygen atoms in total. The van der Waals surface area contributed by atoms with Crippen LogP contribution in [0.1, 0.15) is 20.3 Å². The molecule has 1 heterocycles. The van der Waals surface area contributed by atoms with Gasteiger partial charge in [-0.05, 0) is 50.6 Å². The molecule has 164 valence electrons. The lowest BCUT2D eigenvalue weighted by Gasteiger charge is -2.16. The first kappa shape index (κ1) is 22.6. The maximum absolute atomic E-state index is 12.9. The van der Waals surface area contributed by atoms with Crippen LogP contribution in [0.25, 0.3) is 0 Å². The van der Waals surface area contributed by atoms with Crippen molar-refractivity contribution in [3.05, 3.63) is 48.5 Å². The number of benzene rings is 2. The zero-order chi connectivity index (χ0) is 22.2. The lowest BCUT2D eigenvalue weighted by Crippen LogP contribution is -2.23. The Hall–Kier alpha value is -2.11. The summed E-state index contributed by atoms with van der Waals surface area (Å²) in [5.74, 6) is -0.302. The second-order valence-electron chi connectivity index (χ2n) is 7.31. The number of sulfone groups is 2. The summed E-state index contributed by atoms with van der Waals surface area (Å²) in [6, 6.07) is 11.4. The number of ether oxygens (including phenoxy) is 1. The van der Waals surface area contributed by atoms with Gasteiger partial charge in [0.1, 0.15) is 5.75 Å². The van der Waals surface area contributed by atoms with Crippen molar-refractivity contribution in [3.8, 4) is 5.75 Å². The van der Waals surface area contributed by atoms with Crippen LogP contribution < -0.4 is 9.46 Å². The van der Waals surface area contributed by atoms with Crippen molar-refractivity contribution in [3.63, 3.8) is 0 Å². The summed E-state index contributed by atoms with van der Waals surface area (Å²) in [5.41, 5.74) is 0.223. The predicted molar refractivity (Wildman–Crippen MR) is 114 cm³/mol. The zero-order valence-corrected chi connectivity index (χ0v) is 18.9. The van der Waals surface area contributed by atoms with Crippen molar-refractivity contribution in [2.45, 2.75) is 41.4 Å². The number of sulfonamides is 1. The molecule has 0 bridgehead atoms. The van der Waals surface area contributed by atoms with Gasteiger partial charge in [-0.15, -0.1) is 0 Å². The Labute approximate surface area is 177 Å². The molecular formula is C19H23NO7S3. The Morgan fingerprint density at radius 3 is 2.30 bits per heavy atom. The van der Waals surface area contributed by atoms with E-state index < -0.39 is 40.7 Å². The monoisotopic (exact) mass is 473 g/mol. The van der Waals surface area contributed by atoms with Crippen LogP contribution in [0, 0.1) is 0 Å². The quantitative estimate of drug-likeness (QED) is 0.654. The molecule has 11 heteroatoms. The summed E-state index contributed by atoms with van der Waals surface area (Å²) >= 11 is 0. The number of hydrogen-bond acceptors (Lipinski definition) is 7. The first-order valence-electron chi connectivity index (χ1n) is 9.24. The second-order valence-corrected chi connectivity index (χ2v) is 13.5. The molecule has 0 aromatic heterocycles. The van der Waals surface area contributed by atoms with Gasteiger partial charge in [-0.3, -0.25) is 4.72 Å². The molecule has 1 saturated heterocycles. The minimum atomic E-state index is -4.11. The van der Waals surface area contributed by atoms with Crippen molar-refractivity contribution in [2.75, 3.05) is 16.2 Å². The van der Waals surface area contributed by atoms with Gasteiger partial charge in [0, 0.05) is 0 Å². The SMILES string of the molecule is CC(C)Oc1ccccc1NS(=O)(=O)c1cccc(S(=O)(=O)C2CCS(=O)(=O)C2)c1. The molecule has 1 aliphatic heterocycles. The zero-order valence-electron chi connectivity index (χ0n) is 16.5. The number of nitrogens with one attached hydrogen (secondary N) is 1. The molecule has 2 aromatic rings. The number of hydrogen-bond donors (Lipinski definition) is 1. The largest absolute Gasteiger partial charge is 0.489 e. The van der Waals surface area contributed by atoms with Gasteiger partial charge < -0.3 is 4.74 Å². The number of para-hydroxylation sites is 2. The average Bonchev–Trinajstić information content (AvgIpc) is 3.03. The molecule has 0 radical (unpaired) electrons. The molecule has 1 N–H and O–H groups in total. The van der Waals surface area contributed by atoms with E-state index in [-0.39, 0.29) is 33.8 Å². The maximum atomic E-state index is 12.9. The molecule has 30 heavy (non-hydrogen) atoms. The number of rotatable bonds is 7. The van der Waals surface area contributed by atoms with E-state index in [1.807, 2.05) is 13.8 Å². The third-order valence-electron chi connectivity index (χ3n) is 4.57. The topological polar surface area (TPSA) is 124 Å². The van der Waals surface area contributed by atoms with E-state index in [0.717, 1.165) is 6.07 Å². The van der Waals surface area contributed by atoms with Gasteiger partial charge in [0.15, 0.2) is 19.7 Å². The average molecular weight is 474 g/mol. The van der Waals surface area contributed by atoms with Gasteiger partial charge in [0.2, 0.25) is 0 Å². The van der Waals surface area contributed by atoms with E-state index in [9.17, 15) is 25.3 Å². The van der Waals surface area contributed by atoms with Crippen LogP contribution in [0.5, 0.6) is 5.75 Å². The summed E-state index contributed by atoms with van der Waals surface area (Å²) in [5, 5.41) is -1.08. The Morgan fingerprint density at radius 2 is 1.67 bits per heavy atom. The highest BCUT2D eigenvalue weighted by Gasteiger charge is 2.38. The van der Waals surface area contributed by atoms with E-state index in [2.05, 4.69) is 4.72 Å². The summed E-state index contributed by atoms with van der Waals surface area (Å²) in [4.78, 5) is -0.469. The molecule has 2 aromatic carbocycles. The van der Waals surface area contributed by atoms with E-state index in [0.29, 0.717) is 5.75 Å². The lowest BCUT2D eigenvalue weighted by molar-refractivity contribution is 0.244. The van der Waals surface area contributed by atoms with E-state index in [1.165, 1.54) is 18.2 Å². The van der Waals surface area contributed by atoms with Crippen molar-refractivity contribution < 1.29 is 30.0 Å². The molecule has 0 aliphatic carbocycles. The maximum Gasteiger partial charge on any atom is 0.262 e. The summed E-state index contributed by atoms with van der Waals surface area (Å²) in [7, 11) is -11.5. The van der Waals surface area contributed by atoms with Crippen LogP contribution in [-0.2, 0) is 29.7 Å². The summed E-state index contributed by atoms with van der Waals surface area (Å²) in [6.07, 6.45) is -0.174. The lowest BCUT2D eigenvalue weighted by atomic mass is 10.3. The number of anilines is 1. The van der Waals surface area contributed by atoms with Gasteiger partial charge in [-0.1, -0.05) is 18.2 Å². The molecule has 1 unspecified atom stereocenters. The fourth-order valence-electron chi connectivity index (χ4n) is 3.13. The van der Waals surface area contributed by atoms with Crippen molar-refractivity contribution in [1.82, 2.24) is 0 Å². The van der Waals surface area contributed by atoms with Gasteiger partial charge in [0.05, 0.1) is 38.3 Å². The smallest absolute Gasteiger partial charge is 0.262 e. The molecule has 3 rings (SSSR count). The Morgan fingerprint density at radius 1 is 1.00 bits per heavy atom. The van der Waals surface area contributed by atoms with Crippen LogP contribution in [0.4, 0.5) is 5.69 Å². The van der Waals surface area contributed by atoms with Gasteiger partial charge >= 0.3 is 0 Å². The van der Waals surface area contributed by atoms with Crippen LogP contribution in [0.2, 0.25) is 0 Å². The van der Waals surface area contributed by atoms with E-state index in [1.54, 1.807) is 24.3 Å². The van der Waals surface area contributed by atoms with Crippen LogP contribution >= 0.6 is 0 Å². The van der Waals surface area contributed by atoms with Gasteiger partial charge in [-0.25, -0.2) is 25.3 Å². The van der Waals surface area contributed by atoms with E-state index in [4.69, 9.17) is 4.74 Å². The first-order chi connectivity index (χ1) is 13.9. The Kier molecular flexibility index (Phi) is 6.17. The standard InChI is InChI=1S/C19H23NO7S3/c1-14(2)27-19-9-4-3-8-18(19)20-30(25,26)16-7-5-6-15(12-16)29(23,24)17-10-11-28(21,22)13-17/h3-9,12,14,17,20H,10-11,13H2,1-2H3. The minimum Gasteiger partial charge on any atom is -0.489 e. The Balaban J connectivity index is 1.92. The summed E-state index contributed by atoms with van der Waals surface area (Å²) in [6.45, 7) is 3.62. The highest BCUT2D eigenvalue weighted by molar-refractivity contribution is 7.96. The van der Waals surface area contributed by atoms with Gasteiger partial charge in [0.25, 0.3) is 10.0 Å². The fraction of sp³-hybridized carbons (Fsp3) is 0.368. The second kappa shape index (κ2) is 8.20. The molecule has 1 fully saturated rings. The molecule has 1 atom stereocenters. The van der Waals surface area contributed by atoms with Crippen molar-refractivity contribution >= 4 is 35.4 Å². The molecule has 0 spiro atoms. The third kappa shape index (κ3) is 4.96. The highest BCUT2D eigenvalue weighted by atomic mass is 32.2. The normalized spacial score (nSPS) is 19.0. The molecule has 1 aliphatic rings. The minimum absolute atomic E-state index is 0.000188. The fourth-order valence-corrected chi connectivity index (χ4v) is 8.72. The van der Waals surface area contributed by atoms with Crippen molar-refractivity contribution in [2.24, 2.45) is 0 Å². The van der Waals surface area contributed by atoms with Crippen LogP contribution in [0.15, 0.2) is 58.3 Å². The van der Waals surface area contributed by atoms with Crippen molar-refractivity contribution in [1.29, 1.82) is 0 Å². The first-order valence-corrected chi connectivity index (χ1v) is 14.1. The molecule has 0 amide bonds. The third-order valence-corrected chi connectivity index (χ3v) is 10.1. The van der Waals surface area contributed by atoms with E-state index >= 15 is 0 Å². The predicted octanol–water partition coefficient (Wildman–Crippen LogP) is 2.24. The van der Waals surface area contributed by atoms with Gasteiger partial charge in [-0.2, -0.15) is 0 Å². The van der Waals surface area contributed by atoms with Crippen LogP contribution in [0.3, 0.4) is 0 Å². The Bertz CT molecular complexity index is 1250. The highest BCUT2D eigenvalue weighted by Crippen LogP contribution is 2.30. The molecular weight excluding hydrogens is 450 g/mol. The summed E-state index contributed by atoms with van der Waals surface area (Å²) < 4.78 is 82.8.